The molecule has 0 heterocycles. The van der Waals surface area contributed by atoms with Crippen LogP contribution >= 0.6 is 39.1 Å². The van der Waals surface area contributed by atoms with Crippen molar-refractivity contribution in [2.45, 2.75) is 31.5 Å². The molecule has 0 aliphatic rings. The van der Waals surface area contributed by atoms with Gasteiger partial charge in [0.2, 0.25) is 0 Å². The highest BCUT2D eigenvalue weighted by Gasteiger charge is 2.19. The van der Waals surface area contributed by atoms with Gasteiger partial charge >= 0.3 is 0 Å². The van der Waals surface area contributed by atoms with Gasteiger partial charge < -0.3 is 0 Å². The highest BCUT2D eigenvalue weighted by Crippen LogP contribution is 2.39. The monoisotopic (exact) mass is 308 g/mol. The summed E-state index contributed by atoms with van der Waals surface area (Å²) in [5.41, 5.74) is 1.10. The topological polar surface area (TPSA) is 0 Å². The van der Waals surface area contributed by atoms with Crippen molar-refractivity contribution in [3.05, 3.63) is 33.8 Å². The Kier molecular flexibility index (Phi) is 5.45. The fourth-order valence-corrected chi connectivity index (χ4v) is 3.36. The Labute approximate surface area is 110 Å². The van der Waals surface area contributed by atoms with Gasteiger partial charge in [0.15, 0.2) is 0 Å². The molecule has 84 valence electrons. The van der Waals surface area contributed by atoms with Gasteiger partial charge in [-0.1, -0.05) is 65.8 Å². The Morgan fingerprint density at radius 2 is 1.80 bits per heavy atom. The van der Waals surface area contributed by atoms with Crippen LogP contribution in [-0.2, 0) is 0 Å². The van der Waals surface area contributed by atoms with Crippen molar-refractivity contribution in [2.75, 3.05) is 0 Å². The Morgan fingerprint density at radius 3 is 2.33 bits per heavy atom. The first-order chi connectivity index (χ1) is 7.10. The van der Waals surface area contributed by atoms with Gasteiger partial charge in [-0.3, -0.25) is 0 Å². The molecule has 0 saturated carbocycles. The van der Waals surface area contributed by atoms with E-state index in [-0.39, 0.29) is 0 Å². The van der Waals surface area contributed by atoms with E-state index in [1.54, 1.807) is 0 Å². The van der Waals surface area contributed by atoms with E-state index in [9.17, 15) is 0 Å². The summed E-state index contributed by atoms with van der Waals surface area (Å²) in [6.07, 6.45) is 2.27. The van der Waals surface area contributed by atoms with Gasteiger partial charge in [0.05, 0.1) is 0 Å². The van der Waals surface area contributed by atoms with Crippen LogP contribution in [-0.4, -0.2) is 0 Å². The quantitative estimate of drug-likeness (QED) is 0.610. The molecule has 0 aromatic heterocycles. The molecule has 0 bridgehead atoms. The van der Waals surface area contributed by atoms with E-state index in [0.717, 1.165) is 28.5 Å². The normalized spacial score (nSPS) is 13.2. The van der Waals surface area contributed by atoms with Crippen LogP contribution in [0.15, 0.2) is 18.2 Å². The lowest BCUT2D eigenvalue weighted by Gasteiger charge is -2.21. The van der Waals surface area contributed by atoms with Crippen molar-refractivity contribution in [3.63, 3.8) is 0 Å². The fraction of sp³-hybridized carbons (Fsp3) is 0.500. The molecule has 0 nitrogen and oxygen atoms in total. The molecule has 1 atom stereocenters. The molecule has 0 fully saturated rings. The lowest BCUT2D eigenvalue weighted by atomic mass is 9.94. The first-order valence-corrected chi connectivity index (χ1v) is 6.86. The van der Waals surface area contributed by atoms with E-state index in [2.05, 4.69) is 29.8 Å². The van der Waals surface area contributed by atoms with Crippen molar-refractivity contribution >= 4 is 39.1 Å². The molecule has 1 aromatic rings. The van der Waals surface area contributed by atoms with Crippen LogP contribution in [0, 0.1) is 5.92 Å². The van der Waals surface area contributed by atoms with Crippen LogP contribution in [0.1, 0.15) is 37.1 Å². The minimum Gasteiger partial charge on any atom is -0.0843 e. The number of hydrogen-bond acceptors (Lipinski definition) is 0. The molecule has 1 aromatic carbocycles. The van der Waals surface area contributed by atoms with Gasteiger partial charge in [-0.2, -0.15) is 0 Å². The minimum absolute atomic E-state index is 0.290. The van der Waals surface area contributed by atoms with Crippen LogP contribution < -0.4 is 0 Å². The Balaban J connectivity index is 2.98. The van der Waals surface area contributed by atoms with E-state index in [4.69, 9.17) is 23.2 Å². The molecule has 0 amide bonds. The summed E-state index contributed by atoms with van der Waals surface area (Å²) in [5, 5.41) is 1.53. The van der Waals surface area contributed by atoms with Crippen molar-refractivity contribution < 1.29 is 0 Å². The zero-order chi connectivity index (χ0) is 11.4. The number of hydrogen-bond donors (Lipinski definition) is 0. The molecule has 0 spiro atoms. The largest absolute Gasteiger partial charge is 0.0843 e. The first-order valence-electron chi connectivity index (χ1n) is 5.19. The maximum absolute atomic E-state index is 6.16. The second kappa shape index (κ2) is 6.12. The average molecular weight is 310 g/mol. The molecule has 0 aliphatic heterocycles. The summed E-state index contributed by atoms with van der Waals surface area (Å²) in [7, 11) is 0. The molecule has 3 heteroatoms. The molecule has 1 rings (SSSR count). The summed E-state index contributed by atoms with van der Waals surface area (Å²) in [5.74, 6) is 0.598. The Morgan fingerprint density at radius 1 is 1.20 bits per heavy atom. The number of rotatable bonds is 4. The van der Waals surface area contributed by atoms with Gasteiger partial charge in [-0.15, -0.1) is 0 Å². The summed E-state index contributed by atoms with van der Waals surface area (Å²) < 4.78 is 0. The van der Waals surface area contributed by atoms with Gasteiger partial charge in [0.25, 0.3) is 0 Å². The van der Waals surface area contributed by atoms with Gasteiger partial charge in [-0.05, 0) is 29.7 Å². The SMILES string of the molecule is CCC(CC)C(Br)c1cc(Cl)ccc1Cl. The number of benzene rings is 1. The zero-order valence-electron chi connectivity index (χ0n) is 8.93. The van der Waals surface area contributed by atoms with Crippen molar-refractivity contribution in [3.8, 4) is 0 Å². The summed E-state index contributed by atoms with van der Waals surface area (Å²) in [4.78, 5) is 0.290. The zero-order valence-corrected chi connectivity index (χ0v) is 12.0. The molecule has 1 unspecified atom stereocenters. The number of halogens is 3. The maximum Gasteiger partial charge on any atom is 0.0450 e. The molecule has 0 saturated heterocycles. The maximum atomic E-state index is 6.16. The van der Waals surface area contributed by atoms with Crippen LogP contribution in [0.4, 0.5) is 0 Å². The van der Waals surface area contributed by atoms with Crippen molar-refractivity contribution in [1.82, 2.24) is 0 Å². The third-order valence-corrected chi connectivity index (χ3v) is 4.54. The van der Waals surface area contributed by atoms with Gasteiger partial charge in [0.1, 0.15) is 0 Å². The standard InChI is InChI=1S/C12H15BrCl2/c1-3-8(4-2)12(13)10-7-9(14)5-6-11(10)15/h5-8,12H,3-4H2,1-2H3. The van der Waals surface area contributed by atoms with Gasteiger partial charge in [0, 0.05) is 14.9 Å². The van der Waals surface area contributed by atoms with Crippen LogP contribution in [0.25, 0.3) is 0 Å². The Hall–Kier alpha value is 0.280. The predicted octanol–water partition coefficient (Wildman–Crippen LogP) is 5.87. The van der Waals surface area contributed by atoms with E-state index < -0.39 is 0 Å². The Bertz CT molecular complexity index is 321. The third kappa shape index (κ3) is 3.37. The molecule has 0 aliphatic carbocycles. The molecular weight excluding hydrogens is 295 g/mol. The second-order valence-corrected chi connectivity index (χ2v) is 5.47. The lowest BCUT2D eigenvalue weighted by Crippen LogP contribution is -2.05. The van der Waals surface area contributed by atoms with Crippen molar-refractivity contribution in [1.29, 1.82) is 0 Å². The molecule has 0 N–H and O–H groups in total. The summed E-state index contributed by atoms with van der Waals surface area (Å²) in [6, 6.07) is 5.62. The highest BCUT2D eigenvalue weighted by molar-refractivity contribution is 9.09. The molecular formula is C12H15BrCl2. The number of alkyl halides is 1. The highest BCUT2D eigenvalue weighted by atomic mass is 79.9. The fourth-order valence-electron chi connectivity index (χ4n) is 1.68. The average Bonchev–Trinajstić information content (AvgIpc) is 2.23. The molecule has 0 radical (unpaired) electrons. The second-order valence-electron chi connectivity index (χ2n) is 3.64. The molecule has 15 heavy (non-hydrogen) atoms. The summed E-state index contributed by atoms with van der Waals surface area (Å²) >= 11 is 15.8. The van der Waals surface area contributed by atoms with Crippen LogP contribution in [0.3, 0.4) is 0 Å². The third-order valence-electron chi connectivity index (χ3n) is 2.72. The van der Waals surface area contributed by atoms with Gasteiger partial charge in [-0.25, -0.2) is 0 Å². The smallest absolute Gasteiger partial charge is 0.0450 e. The van der Waals surface area contributed by atoms with E-state index in [0.29, 0.717) is 10.7 Å². The van der Waals surface area contributed by atoms with Crippen LogP contribution in [0.5, 0.6) is 0 Å². The van der Waals surface area contributed by atoms with E-state index >= 15 is 0 Å². The lowest BCUT2D eigenvalue weighted by molar-refractivity contribution is 0.487. The predicted molar refractivity (Wildman–Crippen MR) is 72.2 cm³/mol. The van der Waals surface area contributed by atoms with Crippen molar-refractivity contribution in [2.24, 2.45) is 5.92 Å². The first kappa shape index (κ1) is 13.3. The summed E-state index contributed by atoms with van der Waals surface area (Å²) in [6.45, 7) is 4.39. The van der Waals surface area contributed by atoms with Crippen LogP contribution in [0.2, 0.25) is 10.0 Å². The van der Waals surface area contributed by atoms with E-state index in [1.165, 1.54) is 0 Å². The van der Waals surface area contributed by atoms with E-state index in [1.807, 2.05) is 18.2 Å². The minimum atomic E-state index is 0.290.